The smallest absolute Gasteiger partial charge is 0.462 e. The summed E-state index contributed by atoms with van der Waals surface area (Å²) in [6.45, 7) is 2.13. The molecule has 0 aliphatic rings. The van der Waals surface area contributed by atoms with E-state index in [0.29, 0.717) is 12.8 Å². The van der Waals surface area contributed by atoms with Crippen molar-refractivity contribution in [3.63, 3.8) is 0 Å². The zero-order valence-corrected chi connectivity index (χ0v) is 37.3. The number of hydrogen-bond acceptors (Lipinski definition) is 9. The molecule has 0 saturated carbocycles. The Kier molecular flexibility index (Phi) is 40.7. The lowest BCUT2D eigenvalue weighted by atomic mass is 10.1. The fraction of sp³-hybridized carbons (Fsp3) is 0.625. The molecular formula is C48H79O10P. The number of hydrogen-bond donors (Lipinski definition) is 3. The van der Waals surface area contributed by atoms with Crippen LogP contribution in [0.15, 0.2) is 97.2 Å². The average molecular weight is 847 g/mol. The Balaban J connectivity index is 4.44. The van der Waals surface area contributed by atoms with Crippen LogP contribution in [0.2, 0.25) is 0 Å². The molecule has 0 bridgehead atoms. The number of allylic oxidation sites excluding steroid dienone is 16. The van der Waals surface area contributed by atoms with Crippen molar-refractivity contribution in [1.29, 1.82) is 0 Å². The van der Waals surface area contributed by atoms with Gasteiger partial charge < -0.3 is 24.6 Å². The molecule has 0 aliphatic carbocycles. The van der Waals surface area contributed by atoms with Crippen LogP contribution < -0.4 is 0 Å². The summed E-state index contributed by atoms with van der Waals surface area (Å²) in [5, 5.41) is 18.3. The van der Waals surface area contributed by atoms with E-state index in [1.165, 1.54) is 44.9 Å². The van der Waals surface area contributed by atoms with Gasteiger partial charge in [0.1, 0.15) is 12.7 Å². The van der Waals surface area contributed by atoms with Gasteiger partial charge in [-0.05, 0) is 83.5 Å². The van der Waals surface area contributed by atoms with Gasteiger partial charge in [-0.3, -0.25) is 18.6 Å². The summed E-state index contributed by atoms with van der Waals surface area (Å²) >= 11 is 0. The normalized spacial score (nSPS) is 14.7. The number of carbonyl (C=O) groups is 2. The summed E-state index contributed by atoms with van der Waals surface area (Å²) in [5.74, 6) is -1.04. The minimum atomic E-state index is -4.65. The number of aliphatic hydroxyl groups is 2. The summed E-state index contributed by atoms with van der Waals surface area (Å²) in [5.41, 5.74) is 0. The highest BCUT2D eigenvalue weighted by Gasteiger charge is 2.27. The van der Waals surface area contributed by atoms with E-state index >= 15 is 0 Å². The van der Waals surface area contributed by atoms with E-state index in [1.54, 1.807) is 0 Å². The van der Waals surface area contributed by atoms with Crippen LogP contribution in [0.4, 0.5) is 0 Å². The molecule has 0 rings (SSSR count). The molecule has 336 valence electrons. The van der Waals surface area contributed by atoms with Crippen LogP contribution in [-0.2, 0) is 32.7 Å². The zero-order chi connectivity index (χ0) is 43.3. The third kappa shape index (κ3) is 42.8. The lowest BCUT2D eigenvalue weighted by molar-refractivity contribution is -0.161. The maximum absolute atomic E-state index is 12.6. The molecule has 0 spiro atoms. The minimum Gasteiger partial charge on any atom is -0.462 e. The molecule has 3 N–H and O–H groups in total. The molecule has 0 aromatic heterocycles. The molecule has 0 heterocycles. The molecule has 0 saturated heterocycles. The quantitative estimate of drug-likeness (QED) is 0.0235. The molecule has 0 aromatic carbocycles. The van der Waals surface area contributed by atoms with E-state index < -0.39 is 51.8 Å². The van der Waals surface area contributed by atoms with Crippen LogP contribution >= 0.6 is 7.82 Å². The summed E-state index contributed by atoms with van der Waals surface area (Å²) in [6, 6.07) is 0. The lowest BCUT2D eigenvalue weighted by Crippen LogP contribution is -2.29. The first-order chi connectivity index (χ1) is 28.7. The monoisotopic (exact) mass is 847 g/mol. The number of phosphoric acid groups is 1. The van der Waals surface area contributed by atoms with Gasteiger partial charge in [0.2, 0.25) is 0 Å². The summed E-state index contributed by atoms with van der Waals surface area (Å²) in [7, 11) is -4.65. The average Bonchev–Trinajstić information content (AvgIpc) is 3.22. The highest BCUT2D eigenvalue weighted by Crippen LogP contribution is 2.43. The van der Waals surface area contributed by atoms with Crippen LogP contribution in [0.5, 0.6) is 0 Å². The molecule has 0 amide bonds. The molecule has 10 nitrogen and oxygen atoms in total. The number of ether oxygens (including phenoxy) is 2. The van der Waals surface area contributed by atoms with Gasteiger partial charge in [-0.2, -0.15) is 0 Å². The number of carbonyl (C=O) groups excluding carboxylic acids is 2. The van der Waals surface area contributed by atoms with Crippen molar-refractivity contribution in [1.82, 2.24) is 0 Å². The maximum atomic E-state index is 12.6. The standard InChI is InChI=1S/C48H79O10P/c1-3-5-7-9-11-13-15-17-19-21-22-24-26-28-30-32-34-36-38-40-48(52)58-46(44-57-59(53,54)56-42-45(50)41-49)43-55-47(51)39-37-35-33-31-29-27-25-23-20-18-16-14-12-10-8-6-4-2/h5,7,11-14,17-20,22,24,28,30,34,36,45-46,49-50H,3-4,6,8-10,15-16,21,23,25-27,29,31-33,35,37-44H2,1-2H3,(H,53,54)/b7-5-,13-11-,14-12-,19-17-,20-18-,24-22-,30-28-,36-34-. The fourth-order valence-electron chi connectivity index (χ4n) is 5.34. The third-order valence-corrected chi connectivity index (χ3v) is 9.69. The van der Waals surface area contributed by atoms with Gasteiger partial charge >= 0.3 is 19.8 Å². The number of rotatable bonds is 40. The molecule has 11 heteroatoms. The largest absolute Gasteiger partial charge is 0.472 e. The first-order valence-electron chi connectivity index (χ1n) is 22.2. The highest BCUT2D eigenvalue weighted by molar-refractivity contribution is 7.47. The van der Waals surface area contributed by atoms with Gasteiger partial charge in [0.05, 0.1) is 19.8 Å². The van der Waals surface area contributed by atoms with Crippen molar-refractivity contribution in [2.75, 3.05) is 26.4 Å². The van der Waals surface area contributed by atoms with E-state index in [2.05, 4.69) is 103 Å². The zero-order valence-electron chi connectivity index (χ0n) is 36.4. The predicted molar refractivity (Wildman–Crippen MR) is 242 cm³/mol. The molecule has 0 aliphatic heterocycles. The van der Waals surface area contributed by atoms with Crippen molar-refractivity contribution < 1.29 is 47.8 Å². The van der Waals surface area contributed by atoms with E-state index in [-0.39, 0.29) is 19.4 Å². The first kappa shape index (κ1) is 55.9. The first-order valence-corrected chi connectivity index (χ1v) is 23.7. The Morgan fingerprint density at radius 2 is 0.966 bits per heavy atom. The molecular weight excluding hydrogens is 767 g/mol. The van der Waals surface area contributed by atoms with Gasteiger partial charge in [0.25, 0.3) is 0 Å². The fourth-order valence-corrected chi connectivity index (χ4v) is 6.13. The van der Waals surface area contributed by atoms with E-state index in [4.69, 9.17) is 19.1 Å². The van der Waals surface area contributed by atoms with Gasteiger partial charge in [0.15, 0.2) is 6.10 Å². The Morgan fingerprint density at radius 3 is 1.47 bits per heavy atom. The van der Waals surface area contributed by atoms with Crippen molar-refractivity contribution >= 4 is 19.8 Å². The van der Waals surface area contributed by atoms with Gasteiger partial charge in [-0.15, -0.1) is 0 Å². The number of unbranched alkanes of at least 4 members (excludes halogenated alkanes) is 10. The summed E-state index contributed by atoms with van der Waals surface area (Å²) < 4.78 is 32.6. The van der Waals surface area contributed by atoms with E-state index in [0.717, 1.165) is 70.6 Å². The highest BCUT2D eigenvalue weighted by atomic mass is 31.2. The molecule has 59 heavy (non-hydrogen) atoms. The van der Waals surface area contributed by atoms with E-state index in [9.17, 15) is 24.2 Å². The minimum absolute atomic E-state index is 0.0517. The number of aliphatic hydroxyl groups excluding tert-OH is 2. The van der Waals surface area contributed by atoms with Gasteiger partial charge in [-0.25, -0.2) is 4.57 Å². The lowest BCUT2D eigenvalue weighted by Gasteiger charge is -2.20. The molecule has 0 radical (unpaired) electrons. The molecule has 3 atom stereocenters. The van der Waals surface area contributed by atoms with Crippen LogP contribution in [-0.4, -0.2) is 65.7 Å². The number of phosphoric ester groups is 1. The SMILES string of the molecule is CC/C=C\C/C=C\C/C=C\C/C=C\C/C=C\C/C=C\CCC(=O)OC(COC(=O)CCCCCCCCC/C=C\C/C=C\CCCCC)COP(=O)(O)OCC(O)CO. The Bertz CT molecular complexity index is 1300. The Hall–Kier alpha value is -3.11. The maximum Gasteiger partial charge on any atom is 0.472 e. The Morgan fingerprint density at radius 1 is 0.525 bits per heavy atom. The Labute approximate surface area is 357 Å². The van der Waals surface area contributed by atoms with Crippen molar-refractivity contribution in [2.45, 2.75) is 167 Å². The predicted octanol–water partition coefficient (Wildman–Crippen LogP) is 12.0. The third-order valence-electron chi connectivity index (χ3n) is 8.74. The van der Waals surface area contributed by atoms with Gasteiger partial charge in [0, 0.05) is 12.8 Å². The second-order valence-electron chi connectivity index (χ2n) is 14.3. The van der Waals surface area contributed by atoms with Gasteiger partial charge in [-0.1, -0.05) is 156 Å². The second kappa shape index (κ2) is 43.0. The van der Waals surface area contributed by atoms with Crippen LogP contribution in [0.1, 0.15) is 155 Å². The molecule has 0 fully saturated rings. The van der Waals surface area contributed by atoms with Crippen molar-refractivity contribution in [3.05, 3.63) is 97.2 Å². The van der Waals surface area contributed by atoms with E-state index in [1.807, 2.05) is 12.2 Å². The van der Waals surface area contributed by atoms with Crippen molar-refractivity contribution in [2.24, 2.45) is 0 Å². The van der Waals surface area contributed by atoms with Crippen LogP contribution in [0.3, 0.4) is 0 Å². The summed E-state index contributed by atoms with van der Waals surface area (Å²) in [4.78, 5) is 35.0. The topological polar surface area (TPSA) is 149 Å². The van der Waals surface area contributed by atoms with Crippen LogP contribution in [0.25, 0.3) is 0 Å². The van der Waals surface area contributed by atoms with Crippen molar-refractivity contribution in [3.8, 4) is 0 Å². The van der Waals surface area contributed by atoms with Crippen LogP contribution in [0, 0.1) is 0 Å². The number of esters is 2. The summed E-state index contributed by atoms with van der Waals surface area (Å²) in [6.07, 6.45) is 52.4. The molecule has 0 aromatic rings. The molecule has 3 unspecified atom stereocenters. The second-order valence-corrected chi connectivity index (χ2v) is 15.8.